The van der Waals surface area contributed by atoms with Crippen molar-refractivity contribution in [3.05, 3.63) is 85.0 Å². The standard InChI is InChI=1S/C26H19F3IN3O6/c1-3-38-23-12-15(10-16(14-31)25(34)32-18-5-7-19(37-2)8-6-18)11-20(30)24(23)39-22-9-4-17(26(27,28)29)13-21(22)33(35)36/h4-13H,3H2,1-2H3,(H,32,34)/b16-10+. The smallest absolute Gasteiger partial charge is 0.416 e. The summed E-state index contributed by atoms with van der Waals surface area (Å²) >= 11 is 1.85. The second-order valence-electron chi connectivity index (χ2n) is 7.65. The van der Waals surface area contributed by atoms with Crippen LogP contribution in [0.25, 0.3) is 6.08 Å². The zero-order valence-electron chi connectivity index (χ0n) is 20.3. The quantitative estimate of drug-likeness (QED) is 0.0871. The van der Waals surface area contributed by atoms with E-state index in [0.29, 0.717) is 32.7 Å². The highest BCUT2D eigenvalue weighted by Crippen LogP contribution is 2.42. The summed E-state index contributed by atoms with van der Waals surface area (Å²) in [5, 5.41) is 23.6. The molecule has 3 rings (SSSR count). The molecule has 202 valence electrons. The number of carbonyl (C=O) groups is 1. The molecule has 0 radical (unpaired) electrons. The number of ether oxygens (including phenoxy) is 3. The number of alkyl halides is 3. The van der Waals surface area contributed by atoms with Gasteiger partial charge in [-0.1, -0.05) is 0 Å². The first-order valence-corrected chi connectivity index (χ1v) is 12.1. The van der Waals surface area contributed by atoms with Crippen LogP contribution < -0.4 is 19.5 Å². The molecule has 0 bridgehead atoms. The van der Waals surface area contributed by atoms with E-state index >= 15 is 0 Å². The minimum atomic E-state index is -4.78. The van der Waals surface area contributed by atoms with Gasteiger partial charge < -0.3 is 19.5 Å². The van der Waals surface area contributed by atoms with Gasteiger partial charge in [-0.25, -0.2) is 0 Å². The lowest BCUT2D eigenvalue weighted by molar-refractivity contribution is -0.385. The topological polar surface area (TPSA) is 124 Å². The SMILES string of the molecule is CCOc1cc(/C=C(\C#N)C(=O)Nc2ccc(OC)cc2)cc(I)c1Oc1ccc(C(F)(F)F)cc1[N+](=O)[O-]. The summed E-state index contributed by atoms with van der Waals surface area (Å²) < 4.78 is 55.9. The molecule has 1 amide bonds. The molecule has 1 N–H and O–H groups in total. The summed E-state index contributed by atoms with van der Waals surface area (Å²) in [6, 6.07) is 13.2. The van der Waals surface area contributed by atoms with Gasteiger partial charge in [-0.2, -0.15) is 18.4 Å². The van der Waals surface area contributed by atoms with Crippen molar-refractivity contribution in [2.75, 3.05) is 19.0 Å². The number of nitrogens with one attached hydrogen (secondary N) is 1. The number of nitro groups is 1. The van der Waals surface area contributed by atoms with Crippen LogP contribution in [0.15, 0.2) is 60.2 Å². The van der Waals surface area contributed by atoms with Crippen molar-refractivity contribution in [1.29, 1.82) is 5.26 Å². The fourth-order valence-corrected chi connectivity index (χ4v) is 3.99. The molecule has 0 aromatic heterocycles. The van der Waals surface area contributed by atoms with Crippen molar-refractivity contribution in [3.8, 4) is 29.1 Å². The third-order valence-corrected chi connectivity index (χ3v) is 5.85. The third kappa shape index (κ3) is 7.38. The van der Waals surface area contributed by atoms with Gasteiger partial charge in [0.15, 0.2) is 11.5 Å². The molecule has 13 heteroatoms. The fraction of sp³-hybridized carbons (Fsp3) is 0.154. The van der Waals surface area contributed by atoms with Crippen LogP contribution in [-0.4, -0.2) is 24.5 Å². The van der Waals surface area contributed by atoms with Gasteiger partial charge in [-0.15, -0.1) is 0 Å². The molecule has 0 aliphatic rings. The van der Waals surface area contributed by atoms with Gasteiger partial charge in [-0.05, 0) is 89.7 Å². The van der Waals surface area contributed by atoms with Crippen LogP contribution in [0.2, 0.25) is 0 Å². The van der Waals surface area contributed by atoms with Crippen LogP contribution in [0.3, 0.4) is 0 Å². The van der Waals surface area contributed by atoms with E-state index in [1.54, 1.807) is 31.2 Å². The van der Waals surface area contributed by atoms with Crippen LogP contribution in [0.4, 0.5) is 24.5 Å². The Kier molecular flexibility index (Phi) is 9.36. The van der Waals surface area contributed by atoms with E-state index in [1.165, 1.54) is 25.3 Å². The van der Waals surface area contributed by atoms with E-state index in [1.807, 2.05) is 28.7 Å². The maximum absolute atomic E-state index is 13.1. The van der Waals surface area contributed by atoms with Crippen molar-refractivity contribution >= 4 is 45.9 Å². The highest BCUT2D eigenvalue weighted by molar-refractivity contribution is 14.1. The lowest BCUT2D eigenvalue weighted by Crippen LogP contribution is -2.13. The minimum absolute atomic E-state index is 0.0126. The Bertz CT molecular complexity index is 1470. The Morgan fingerprint density at radius 2 is 1.85 bits per heavy atom. The van der Waals surface area contributed by atoms with Gasteiger partial charge >= 0.3 is 11.9 Å². The molecule has 0 unspecified atom stereocenters. The second kappa shape index (κ2) is 12.5. The van der Waals surface area contributed by atoms with Crippen LogP contribution >= 0.6 is 22.6 Å². The molecule has 0 heterocycles. The Morgan fingerprint density at radius 3 is 2.41 bits per heavy atom. The largest absolute Gasteiger partial charge is 0.497 e. The molecule has 0 spiro atoms. The van der Waals surface area contributed by atoms with Crippen molar-refractivity contribution in [3.63, 3.8) is 0 Å². The molecule has 39 heavy (non-hydrogen) atoms. The number of methoxy groups -OCH3 is 1. The summed E-state index contributed by atoms with van der Waals surface area (Å²) in [4.78, 5) is 23.2. The monoisotopic (exact) mass is 653 g/mol. The predicted octanol–water partition coefficient (Wildman–Crippen LogP) is 6.96. The number of nitriles is 1. The lowest BCUT2D eigenvalue weighted by Gasteiger charge is -2.15. The van der Waals surface area contributed by atoms with Crippen LogP contribution in [0.1, 0.15) is 18.1 Å². The summed E-state index contributed by atoms with van der Waals surface area (Å²) in [6.45, 7) is 1.82. The van der Waals surface area contributed by atoms with Crippen LogP contribution in [-0.2, 0) is 11.0 Å². The van der Waals surface area contributed by atoms with E-state index in [2.05, 4.69) is 5.32 Å². The Balaban J connectivity index is 1.96. The van der Waals surface area contributed by atoms with Gasteiger partial charge in [0, 0.05) is 11.8 Å². The van der Waals surface area contributed by atoms with Crippen LogP contribution in [0, 0.1) is 25.0 Å². The predicted molar refractivity (Wildman–Crippen MR) is 144 cm³/mol. The summed E-state index contributed by atoms with van der Waals surface area (Å²) in [5.41, 5.74) is -1.49. The molecule has 0 aliphatic carbocycles. The maximum Gasteiger partial charge on any atom is 0.416 e. The first kappa shape index (κ1) is 29.2. The number of benzene rings is 3. The molecule has 0 atom stereocenters. The van der Waals surface area contributed by atoms with Gasteiger partial charge in [0.05, 0.1) is 27.8 Å². The fourth-order valence-electron chi connectivity index (χ4n) is 3.25. The number of amides is 1. The summed E-state index contributed by atoms with van der Waals surface area (Å²) in [6.07, 6.45) is -3.46. The molecular formula is C26H19F3IN3O6. The highest BCUT2D eigenvalue weighted by Gasteiger charge is 2.33. The number of nitrogens with zero attached hydrogens (tertiary/aromatic N) is 2. The van der Waals surface area contributed by atoms with E-state index < -0.39 is 34.0 Å². The maximum atomic E-state index is 13.1. The number of halogens is 4. The summed E-state index contributed by atoms with van der Waals surface area (Å²) in [5.74, 6) is -0.398. The lowest BCUT2D eigenvalue weighted by atomic mass is 10.1. The number of hydrogen-bond acceptors (Lipinski definition) is 7. The zero-order valence-corrected chi connectivity index (χ0v) is 22.5. The van der Waals surface area contributed by atoms with Crippen molar-refractivity contribution in [2.45, 2.75) is 13.1 Å². The average molecular weight is 653 g/mol. The Morgan fingerprint density at radius 1 is 1.15 bits per heavy atom. The minimum Gasteiger partial charge on any atom is -0.497 e. The zero-order chi connectivity index (χ0) is 28.7. The van der Waals surface area contributed by atoms with Crippen LogP contribution in [0.5, 0.6) is 23.0 Å². The third-order valence-electron chi connectivity index (χ3n) is 5.05. The Hall–Kier alpha value is -4.32. The normalized spacial score (nSPS) is 11.4. The number of anilines is 1. The van der Waals surface area contributed by atoms with Crippen molar-refractivity contribution in [2.24, 2.45) is 0 Å². The van der Waals surface area contributed by atoms with Gasteiger partial charge in [0.1, 0.15) is 17.4 Å². The van der Waals surface area contributed by atoms with E-state index in [4.69, 9.17) is 14.2 Å². The molecule has 3 aromatic rings. The molecule has 0 fully saturated rings. The second-order valence-corrected chi connectivity index (χ2v) is 8.82. The van der Waals surface area contributed by atoms with Crippen molar-refractivity contribution < 1.29 is 37.1 Å². The molecule has 0 saturated carbocycles. The highest BCUT2D eigenvalue weighted by atomic mass is 127. The van der Waals surface area contributed by atoms with Gasteiger partial charge in [0.25, 0.3) is 5.91 Å². The van der Waals surface area contributed by atoms with E-state index in [9.17, 15) is 33.3 Å². The first-order chi connectivity index (χ1) is 18.5. The number of hydrogen-bond donors (Lipinski definition) is 1. The number of carbonyl (C=O) groups excluding carboxylic acids is 1. The molecule has 3 aromatic carbocycles. The first-order valence-electron chi connectivity index (χ1n) is 11.0. The van der Waals surface area contributed by atoms with E-state index in [-0.39, 0.29) is 23.7 Å². The number of nitro benzene ring substituents is 1. The Labute approximate surface area is 234 Å². The number of rotatable bonds is 9. The average Bonchev–Trinajstić information content (AvgIpc) is 2.89. The van der Waals surface area contributed by atoms with Gasteiger partial charge in [0.2, 0.25) is 5.75 Å². The van der Waals surface area contributed by atoms with Gasteiger partial charge in [-0.3, -0.25) is 14.9 Å². The molecule has 0 saturated heterocycles. The summed E-state index contributed by atoms with van der Waals surface area (Å²) in [7, 11) is 1.50. The molecular weight excluding hydrogens is 634 g/mol. The van der Waals surface area contributed by atoms with Crippen molar-refractivity contribution in [1.82, 2.24) is 0 Å². The molecule has 0 aliphatic heterocycles. The molecule has 9 nitrogen and oxygen atoms in total. The van der Waals surface area contributed by atoms with E-state index in [0.717, 1.165) is 6.07 Å².